The van der Waals surface area contributed by atoms with Gasteiger partial charge in [-0.05, 0) is 61.2 Å². The first kappa shape index (κ1) is 26.8. The zero-order valence-electron chi connectivity index (χ0n) is 19.5. The molecular formula is C24H25F3N4O4S2. The van der Waals surface area contributed by atoms with Crippen molar-refractivity contribution in [2.24, 2.45) is 0 Å². The largest absolute Gasteiger partial charge is 0.406 e. The van der Waals surface area contributed by atoms with E-state index in [1.54, 1.807) is 18.2 Å². The number of rotatable bonds is 6. The van der Waals surface area contributed by atoms with Crippen LogP contribution in [0.2, 0.25) is 0 Å². The van der Waals surface area contributed by atoms with Crippen molar-refractivity contribution in [3.05, 3.63) is 54.2 Å². The Kier molecular flexibility index (Phi) is 7.45. The van der Waals surface area contributed by atoms with Crippen molar-refractivity contribution in [1.29, 1.82) is 0 Å². The molecule has 0 bridgehead atoms. The molecule has 0 radical (unpaired) electrons. The highest BCUT2D eigenvalue weighted by Gasteiger charge is 2.30. The molecule has 0 saturated carbocycles. The summed E-state index contributed by atoms with van der Waals surface area (Å²) in [6.07, 6.45) is -3.70. The summed E-state index contributed by atoms with van der Waals surface area (Å²) in [7, 11) is -6.93. The minimum absolute atomic E-state index is 0.0130. The van der Waals surface area contributed by atoms with Crippen LogP contribution >= 0.6 is 0 Å². The van der Waals surface area contributed by atoms with E-state index in [4.69, 9.17) is 5.73 Å². The van der Waals surface area contributed by atoms with Crippen molar-refractivity contribution in [3.8, 4) is 11.8 Å². The lowest BCUT2D eigenvalue weighted by molar-refractivity contribution is -0.140. The predicted octanol–water partition coefficient (Wildman–Crippen LogP) is 3.10. The summed E-state index contributed by atoms with van der Waals surface area (Å²) >= 11 is 0. The van der Waals surface area contributed by atoms with Crippen LogP contribution in [0.1, 0.15) is 18.5 Å². The van der Waals surface area contributed by atoms with Crippen LogP contribution in [0.5, 0.6) is 0 Å². The first-order chi connectivity index (χ1) is 17.3. The lowest BCUT2D eigenvalue weighted by Gasteiger charge is -2.24. The van der Waals surface area contributed by atoms with E-state index in [0.29, 0.717) is 35.1 Å². The molecule has 1 aliphatic heterocycles. The lowest BCUT2D eigenvalue weighted by atomic mass is 10.1. The summed E-state index contributed by atoms with van der Waals surface area (Å²) in [5, 5.41) is 3.77. The third-order valence-corrected chi connectivity index (χ3v) is 9.09. The minimum Gasteiger partial charge on any atom is -0.399 e. The number of alkyl halides is 3. The molecule has 198 valence electrons. The Labute approximate surface area is 213 Å². The van der Waals surface area contributed by atoms with Gasteiger partial charge in [-0.3, -0.25) is 0 Å². The number of sulfonamides is 1. The molecule has 0 unspecified atom stereocenters. The van der Waals surface area contributed by atoms with Gasteiger partial charge in [0.25, 0.3) is 0 Å². The van der Waals surface area contributed by atoms with E-state index in [1.807, 2.05) is 0 Å². The molecule has 13 heteroatoms. The summed E-state index contributed by atoms with van der Waals surface area (Å²) in [6.45, 7) is -1.59. The standard InChI is InChI=1S/C24H25F3N4O4S2/c25-24(26,27)16-31-19(3-2-12-29-37(34,35)20-8-6-17(28)7-9-20)15-21-22(4-1-5-23(21)31)30-18-10-13-36(32,33)14-11-18/h1,4-9,15,18,29-30H,10-14,16,28H2. The van der Waals surface area contributed by atoms with Gasteiger partial charge in [-0.15, -0.1) is 0 Å². The van der Waals surface area contributed by atoms with Gasteiger partial charge >= 0.3 is 6.18 Å². The van der Waals surface area contributed by atoms with Crippen molar-refractivity contribution >= 4 is 42.1 Å². The van der Waals surface area contributed by atoms with Crippen molar-refractivity contribution < 1.29 is 30.0 Å². The number of hydrogen-bond donors (Lipinski definition) is 3. The summed E-state index contributed by atoms with van der Waals surface area (Å²) in [6, 6.07) is 11.8. The molecule has 0 atom stereocenters. The molecule has 4 N–H and O–H groups in total. The number of aromatic nitrogens is 1. The Hall–Kier alpha value is -3.21. The molecule has 37 heavy (non-hydrogen) atoms. The summed E-state index contributed by atoms with van der Waals surface area (Å²) in [5.74, 6) is 5.36. The van der Waals surface area contributed by atoms with Gasteiger partial charge in [0.1, 0.15) is 16.4 Å². The van der Waals surface area contributed by atoms with Gasteiger partial charge in [-0.2, -0.15) is 17.9 Å². The average Bonchev–Trinajstić information content (AvgIpc) is 3.15. The van der Waals surface area contributed by atoms with Crippen LogP contribution in [-0.2, 0) is 26.4 Å². The van der Waals surface area contributed by atoms with Crippen LogP contribution in [0.25, 0.3) is 10.9 Å². The smallest absolute Gasteiger partial charge is 0.399 e. The third-order valence-electron chi connectivity index (χ3n) is 5.95. The number of benzene rings is 2. The first-order valence-corrected chi connectivity index (χ1v) is 14.6. The molecule has 0 amide bonds. The summed E-state index contributed by atoms with van der Waals surface area (Å²) < 4.78 is 91.8. The quantitative estimate of drug-likeness (QED) is 0.318. The molecule has 2 aromatic carbocycles. The van der Waals surface area contributed by atoms with Crippen LogP contribution in [-0.4, -0.2) is 51.7 Å². The normalized spacial score (nSPS) is 16.3. The Morgan fingerprint density at radius 3 is 2.41 bits per heavy atom. The van der Waals surface area contributed by atoms with E-state index >= 15 is 0 Å². The molecule has 1 aliphatic rings. The van der Waals surface area contributed by atoms with Gasteiger partial charge in [0.05, 0.1) is 34.2 Å². The number of fused-ring (bicyclic) bond motifs is 1. The summed E-state index contributed by atoms with van der Waals surface area (Å²) in [4.78, 5) is -0.0130. The molecule has 2 heterocycles. The second kappa shape index (κ2) is 10.3. The number of sulfone groups is 1. The Morgan fingerprint density at radius 2 is 1.76 bits per heavy atom. The van der Waals surface area contributed by atoms with E-state index in [-0.39, 0.29) is 34.7 Å². The second-order valence-electron chi connectivity index (χ2n) is 8.74. The maximum atomic E-state index is 13.4. The molecule has 3 aromatic rings. The molecular weight excluding hydrogens is 529 g/mol. The van der Waals surface area contributed by atoms with Crippen molar-refractivity contribution in [1.82, 2.24) is 9.29 Å². The second-order valence-corrected chi connectivity index (χ2v) is 12.8. The molecule has 4 rings (SSSR count). The minimum atomic E-state index is -4.51. The lowest BCUT2D eigenvalue weighted by Crippen LogP contribution is -2.32. The monoisotopic (exact) mass is 554 g/mol. The highest BCUT2D eigenvalue weighted by atomic mass is 32.2. The number of nitrogens with two attached hydrogens (primary N) is 1. The van der Waals surface area contributed by atoms with E-state index in [2.05, 4.69) is 21.9 Å². The van der Waals surface area contributed by atoms with Crippen molar-refractivity contribution in [3.63, 3.8) is 0 Å². The Balaban J connectivity index is 1.59. The average molecular weight is 555 g/mol. The van der Waals surface area contributed by atoms with E-state index in [9.17, 15) is 30.0 Å². The predicted molar refractivity (Wildman–Crippen MR) is 136 cm³/mol. The Morgan fingerprint density at radius 1 is 1.08 bits per heavy atom. The number of nitrogen functional groups attached to an aromatic ring is 1. The fourth-order valence-electron chi connectivity index (χ4n) is 4.11. The maximum Gasteiger partial charge on any atom is 0.406 e. The van der Waals surface area contributed by atoms with E-state index in [0.717, 1.165) is 4.57 Å². The number of nitrogens with zero attached hydrogens (tertiary/aromatic N) is 1. The van der Waals surface area contributed by atoms with Gasteiger partial charge < -0.3 is 15.6 Å². The number of hydrogen-bond acceptors (Lipinski definition) is 6. The molecule has 1 aromatic heterocycles. The van der Waals surface area contributed by atoms with Gasteiger partial charge in [-0.25, -0.2) is 16.8 Å². The van der Waals surface area contributed by atoms with Crippen LogP contribution in [0.4, 0.5) is 24.5 Å². The first-order valence-electron chi connectivity index (χ1n) is 11.3. The fourth-order valence-corrected chi connectivity index (χ4v) is 6.53. The molecule has 0 aliphatic carbocycles. The van der Waals surface area contributed by atoms with Crippen molar-refractivity contribution in [2.75, 3.05) is 29.1 Å². The number of halogens is 3. The zero-order valence-corrected chi connectivity index (χ0v) is 21.2. The highest BCUT2D eigenvalue weighted by molar-refractivity contribution is 7.91. The third kappa shape index (κ3) is 6.76. The van der Waals surface area contributed by atoms with Gasteiger partial charge in [0.2, 0.25) is 10.0 Å². The summed E-state index contributed by atoms with van der Waals surface area (Å²) in [5.41, 5.74) is 6.92. The highest BCUT2D eigenvalue weighted by Crippen LogP contribution is 2.31. The van der Waals surface area contributed by atoms with Gasteiger partial charge in [0, 0.05) is 22.8 Å². The van der Waals surface area contributed by atoms with E-state index < -0.39 is 32.6 Å². The zero-order chi connectivity index (χ0) is 26.8. The van der Waals surface area contributed by atoms with Gasteiger partial charge in [-0.1, -0.05) is 12.0 Å². The fraction of sp³-hybridized carbons (Fsp3) is 0.333. The number of nitrogens with one attached hydrogen (secondary N) is 2. The number of anilines is 2. The molecule has 8 nitrogen and oxygen atoms in total. The van der Waals surface area contributed by atoms with E-state index in [1.165, 1.54) is 30.3 Å². The van der Waals surface area contributed by atoms with Crippen LogP contribution in [0.3, 0.4) is 0 Å². The topological polar surface area (TPSA) is 123 Å². The van der Waals surface area contributed by atoms with Crippen LogP contribution in [0, 0.1) is 11.8 Å². The van der Waals surface area contributed by atoms with Crippen LogP contribution < -0.4 is 15.8 Å². The van der Waals surface area contributed by atoms with Gasteiger partial charge in [0.15, 0.2) is 0 Å². The van der Waals surface area contributed by atoms with Crippen molar-refractivity contribution in [2.45, 2.75) is 36.5 Å². The molecule has 0 spiro atoms. The molecule has 1 fully saturated rings. The molecule has 1 saturated heterocycles. The maximum absolute atomic E-state index is 13.4. The SMILES string of the molecule is Nc1ccc(S(=O)(=O)NCC#Cc2cc3c(NC4CCS(=O)(=O)CC4)cccc3n2CC(F)(F)F)cc1. The van der Waals surface area contributed by atoms with Crippen LogP contribution in [0.15, 0.2) is 53.4 Å². The Bertz CT molecular complexity index is 1560.